The number of benzene rings is 2. The standard InChI is InChI=1S/C23H28ClN3O5S/c1-16(2)27(23(29)30)19-10-6-17(7-11-19)15-26(21-5-3-4-14-25-22(21)28)33(31,32)20-12-8-18(24)9-13-20/h6-13,16,21H,3-5,14-15H2,1-2H3,(H,25,28)(H,29,30)/t21-/m1/s1. The van der Waals surface area contributed by atoms with Gasteiger partial charge in [0.1, 0.15) is 6.04 Å². The lowest BCUT2D eigenvalue weighted by Crippen LogP contribution is -2.48. The molecule has 178 valence electrons. The second-order valence-electron chi connectivity index (χ2n) is 8.22. The van der Waals surface area contributed by atoms with E-state index in [-0.39, 0.29) is 23.4 Å². The fraction of sp³-hybridized carbons (Fsp3) is 0.391. The Labute approximate surface area is 199 Å². The Bertz CT molecular complexity index is 1090. The lowest BCUT2D eigenvalue weighted by molar-refractivity contribution is -0.124. The minimum atomic E-state index is -4.01. The Morgan fingerprint density at radius 2 is 1.76 bits per heavy atom. The van der Waals surface area contributed by atoms with Crippen molar-refractivity contribution in [3.63, 3.8) is 0 Å². The van der Waals surface area contributed by atoms with Crippen molar-refractivity contribution in [3.8, 4) is 0 Å². The number of carbonyl (C=O) groups is 2. The Balaban J connectivity index is 1.97. The number of carbonyl (C=O) groups excluding carboxylic acids is 1. The van der Waals surface area contributed by atoms with Crippen molar-refractivity contribution in [2.75, 3.05) is 11.4 Å². The molecule has 1 saturated heterocycles. The molecule has 1 fully saturated rings. The molecular formula is C23H28ClN3O5S. The van der Waals surface area contributed by atoms with Crippen LogP contribution in [0.15, 0.2) is 53.4 Å². The van der Waals surface area contributed by atoms with Gasteiger partial charge in [-0.1, -0.05) is 23.7 Å². The zero-order valence-electron chi connectivity index (χ0n) is 18.6. The third-order valence-electron chi connectivity index (χ3n) is 5.55. The molecule has 1 aliphatic rings. The van der Waals surface area contributed by atoms with Crippen LogP contribution in [0.2, 0.25) is 5.02 Å². The molecule has 10 heteroatoms. The van der Waals surface area contributed by atoms with Crippen LogP contribution >= 0.6 is 11.6 Å². The molecule has 1 aliphatic heterocycles. The first-order chi connectivity index (χ1) is 15.6. The van der Waals surface area contributed by atoms with Crippen LogP contribution in [-0.2, 0) is 21.4 Å². The second kappa shape index (κ2) is 10.5. The van der Waals surface area contributed by atoms with Crippen molar-refractivity contribution in [2.24, 2.45) is 0 Å². The number of carboxylic acid groups (broad SMARTS) is 1. The molecule has 1 heterocycles. The summed E-state index contributed by atoms with van der Waals surface area (Å²) >= 11 is 5.93. The number of rotatable bonds is 7. The van der Waals surface area contributed by atoms with Gasteiger partial charge in [-0.25, -0.2) is 13.2 Å². The molecule has 0 aliphatic carbocycles. The first-order valence-electron chi connectivity index (χ1n) is 10.8. The van der Waals surface area contributed by atoms with E-state index >= 15 is 0 Å². The van der Waals surface area contributed by atoms with Gasteiger partial charge < -0.3 is 10.4 Å². The van der Waals surface area contributed by atoms with E-state index in [9.17, 15) is 23.1 Å². The lowest BCUT2D eigenvalue weighted by atomic mass is 10.1. The van der Waals surface area contributed by atoms with Crippen LogP contribution in [0.4, 0.5) is 10.5 Å². The summed E-state index contributed by atoms with van der Waals surface area (Å²) in [7, 11) is -4.01. The highest BCUT2D eigenvalue weighted by Gasteiger charge is 2.36. The van der Waals surface area contributed by atoms with Gasteiger partial charge in [0.15, 0.2) is 0 Å². The van der Waals surface area contributed by atoms with E-state index in [1.54, 1.807) is 38.1 Å². The van der Waals surface area contributed by atoms with Crippen LogP contribution in [0, 0.1) is 0 Å². The summed E-state index contributed by atoms with van der Waals surface area (Å²) in [6.07, 6.45) is 0.847. The highest BCUT2D eigenvalue weighted by atomic mass is 35.5. The van der Waals surface area contributed by atoms with Crippen molar-refractivity contribution in [1.82, 2.24) is 9.62 Å². The minimum absolute atomic E-state index is 0.0297. The Hall–Kier alpha value is -2.62. The molecule has 0 spiro atoms. The van der Waals surface area contributed by atoms with Crippen molar-refractivity contribution in [3.05, 3.63) is 59.1 Å². The van der Waals surface area contributed by atoms with Crippen LogP contribution in [0.1, 0.15) is 38.7 Å². The summed E-state index contributed by atoms with van der Waals surface area (Å²) in [5, 5.41) is 12.7. The number of amides is 2. The summed E-state index contributed by atoms with van der Waals surface area (Å²) < 4.78 is 28.4. The smallest absolute Gasteiger partial charge is 0.412 e. The SMILES string of the molecule is CC(C)N(C(=O)O)c1ccc(CN([C@@H]2CCCCNC2=O)S(=O)(=O)c2ccc(Cl)cc2)cc1. The molecule has 0 saturated carbocycles. The van der Waals surface area contributed by atoms with E-state index in [0.29, 0.717) is 29.2 Å². The van der Waals surface area contributed by atoms with Crippen molar-refractivity contribution in [1.29, 1.82) is 0 Å². The monoisotopic (exact) mass is 493 g/mol. The van der Waals surface area contributed by atoms with Gasteiger partial charge in [-0.15, -0.1) is 0 Å². The number of sulfonamides is 1. The summed E-state index contributed by atoms with van der Waals surface area (Å²) in [5.74, 6) is -0.321. The highest BCUT2D eigenvalue weighted by molar-refractivity contribution is 7.89. The second-order valence-corrected chi connectivity index (χ2v) is 10.5. The first kappa shape index (κ1) is 25.0. The topological polar surface area (TPSA) is 107 Å². The van der Waals surface area contributed by atoms with Gasteiger partial charge in [-0.3, -0.25) is 9.69 Å². The van der Waals surface area contributed by atoms with Crippen LogP contribution in [0.3, 0.4) is 0 Å². The summed E-state index contributed by atoms with van der Waals surface area (Å²) in [5.41, 5.74) is 1.13. The van der Waals surface area contributed by atoms with Crippen molar-refractivity contribution in [2.45, 2.75) is 56.6 Å². The predicted octanol–water partition coefficient (Wildman–Crippen LogP) is 4.09. The lowest BCUT2D eigenvalue weighted by Gasteiger charge is -2.29. The molecule has 8 nitrogen and oxygen atoms in total. The van der Waals surface area contributed by atoms with E-state index in [0.717, 1.165) is 12.8 Å². The molecule has 0 radical (unpaired) electrons. The van der Waals surface area contributed by atoms with Gasteiger partial charge in [-0.2, -0.15) is 4.31 Å². The fourth-order valence-electron chi connectivity index (χ4n) is 3.87. The molecule has 0 unspecified atom stereocenters. The highest BCUT2D eigenvalue weighted by Crippen LogP contribution is 2.27. The number of nitrogens with one attached hydrogen (secondary N) is 1. The molecular weight excluding hydrogens is 466 g/mol. The largest absolute Gasteiger partial charge is 0.465 e. The molecule has 2 aromatic carbocycles. The number of halogens is 1. The van der Waals surface area contributed by atoms with Gasteiger partial charge in [0.05, 0.1) is 4.90 Å². The fourth-order valence-corrected chi connectivity index (χ4v) is 5.61. The summed E-state index contributed by atoms with van der Waals surface area (Å²) in [6.45, 7) is 4.03. The third kappa shape index (κ3) is 5.85. The van der Waals surface area contributed by atoms with Crippen LogP contribution < -0.4 is 10.2 Å². The van der Waals surface area contributed by atoms with E-state index in [4.69, 9.17) is 11.6 Å². The number of nitrogens with zero attached hydrogens (tertiary/aromatic N) is 2. The molecule has 2 N–H and O–H groups in total. The molecule has 2 aromatic rings. The van der Waals surface area contributed by atoms with E-state index < -0.39 is 22.2 Å². The molecule has 33 heavy (non-hydrogen) atoms. The molecule has 2 amide bonds. The normalized spacial score (nSPS) is 17.0. The summed E-state index contributed by atoms with van der Waals surface area (Å²) in [4.78, 5) is 25.6. The number of hydrogen-bond donors (Lipinski definition) is 2. The molecule has 0 aromatic heterocycles. The van der Waals surface area contributed by atoms with Gasteiger partial charge >= 0.3 is 6.09 Å². The average molecular weight is 494 g/mol. The quantitative estimate of drug-likeness (QED) is 0.604. The molecule has 1 atom stereocenters. The van der Waals surface area contributed by atoms with E-state index in [1.807, 2.05) is 0 Å². The minimum Gasteiger partial charge on any atom is -0.465 e. The predicted molar refractivity (Wildman–Crippen MR) is 127 cm³/mol. The maximum absolute atomic E-state index is 13.6. The average Bonchev–Trinajstić information content (AvgIpc) is 2.97. The van der Waals surface area contributed by atoms with Crippen LogP contribution in [0.25, 0.3) is 0 Å². The molecule has 0 bridgehead atoms. The van der Waals surface area contributed by atoms with E-state index in [1.165, 1.54) is 33.5 Å². The van der Waals surface area contributed by atoms with Gasteiger partial charge in [-0.05, 0) is 75.1 Å². The maximum Gasteiger partial charge on any atom is 0.412 e. The van der Waals surface area contributed by atoms with E-state index in [2.05, 4.69) is 5.32 Å². The third-order valence-corrected chi connectivity index (χ3v) is 7.67. The Morgan fingerprint density at radius 3 is 2.33 bits per heavy atom. The van der Waals surface area contributed by atoms with Gasteiger partial charge in [0.25, 0.3) is 0 Å². The Kier molecular flexibility index (Phi) is 7.99. The van der Waals surface area contributed by atoms with Crippen LogP contribution in [-0.4, -0.2) is 48.5 Å². The molecule has 3 rings (SSSR count). The van der Waals surface area contributed by atoms with Gasteiger partial charge in [0.2, 0.25) is 15.9 Å². The van der Waals surface area contributed by atoms with Crippen LogP contribution in [0.5, 0.6) is 0 Å². The number of anilines is 1. The maximum atomic E-state index is 13.6. The first-order valence-corrected chi connectivity index (χ1v) is 12.6. The summed E-state index contributed by atoms with van der Waals surface area (Å²) in [6, 6.07) is 11.4. The number of hydrogen-bond acceptors (Lipinski definition) is 4. The van der Waals surface area contributed by atoms with Crippen molar-refractivity contribution < 1.29 is 23.1 Å². The van der Waals surface area contributed by atoms with Crippen molar-refractivity contribution >= 4 is 39.3 Å². The zero-order valence-corrected chi connectivity index (χ0v) is 20.1. The Morgan fingerprint density at radius 1 is 1.12 bits per heavy atom. The zero-order chi connectivity index (χ0) is 24.2. The van der Waals surface area contributed by atoms with Gasteiger partial charge in [0, 0.05) is 29.8 Å².